The number of unbranched alkanes of at least 4 members (excludes halogenated alkanes) is 1. The predicted octanol–water partition coefficient (Wildman–Crippen LogP) is 3.09. The van der Waals surface area contributed by atoms with Gasteiger partial charge in [-0.1, -0.05) is 62.2 Å². The molecule has 0 radical (unpaired) electrons. The van der Waals surface area contributed by atoms with E-state index in [1.165, 1.54) is 5.56 Å². The molecule has 1 aromatic carbocycles. The lowest BCUT2D eigenvalue weighted by molar-refractivity contribution is -0.124. The Hall–Kier alpha value is -1.57. The summed E-state index contributed by atoms with van der Waals surface area (Å²) in [5.74, 6) is 0.267. The highest BCUT2D eigenvalue weighted by molar-refractivity contribution is 5.82. The molecule has 0 fully saturated rings. The molecule has 2 nitrogen and oxygen atoms in total. The van der Waals surface area contributed by atoms with Gasteiger partial charge in [-0.15, -0.1) is 0 Å². The first-order valence-corrected chi connectivity index (χ1v) is 6.82. The van der Waals surface area contributed by atoms with Crippen LogP contribution in [0.5, 0.6) is 0 Å². The molecule has 0 spiro atoms. The monoisotopic (exact) mass is 243 g/mol. The molecule has 0 aliphatic carbocycles. The lowest BCUT2D eigenvalue weighted by atomic mass is 9.94. The third-order valence-electron chi connectivity index (χ3n) is 3.41. The Morgan fingerprint density at radius 1 is 1.17 bits per heavy atom. The fourth-order valence-corrected chi connectivity index (χ4v) is 2.33. The van der Waals surface area contributed by atoms with E-state index in [4.69, 9.17) is 0 Å². The van der Waals surface area contributed by atoms with Gasteiger partial charge in [-0.05, 0) is 18.4 Å². The summed E-state index contributed by atoms with van der Waals surface area (Å²) in [6, 6.07) is 10.4. The largest absolute Gasteiger partial charge is 0.349 e. The molecule has 0 bridgehead atoms. The number of nitrogens with one attached hydrogen (secondary N) is 1. The molecule has 0 saturated carbocycles. The van der Waals surface area contributed by atoms with Crippen molar-refractivity contribution in [3.05, 3.63) is 48.0 Å². The van der Waals surface area contributed by atoms with Crippen LogP contribution in [0.25, 0.3) is 0 Å². The second kappa shape index (κ2) is 6.39. The Morgan fingerprint density at radius 2 is 1.94 bits per heavy atom. The van der Waals surface area contributed by atoms with Crippen molar-refractivity contribution >= 4 is 5.91 Å². The lowest BCUT2D eigenvalue weighted by Gasteiger charge is -2.24. The van der Waals surface area contributed by atoms with Gasteiger partial charge in [0, 0.05) is 0 Å². The number of hydrogen-bond acceptors (Lipinski definition) is 1. The van der Waals surface area contributed by atoms with Crippen LogP contribution in [0.2, 0.25) is 0 Å². The first-order chi connectivity index (χ1) is 8.79. The SMILES string of the molecule is CCCC[C@@H]1C=C[C@H](Cc2ccccc2)NC1=O. The summed E-state index contributed by atoms with van der Waals surface area (Å²) in [5, 5.41) is 3.10. The van der Waals surface area contributed by atoms with Gasteiger partial charge < -0.3 is 5.32 Å². The van der Waals surface area contributed by atoms with Crippen LogP contribution in [0, 0.1) is 5.92 Å². The van der Waals surface area contributed by atoms with Crippen molar-refractivity contribution in [2.24, 2.45) is 5.92 Å². The molecule has 1 N–H and O–H groups in total. The Balaban J connectivity index is 1.92. The number of amides is 1. The van der Waals surface area contributed by atoms with E-state index in [-0.39, 0.29) is 17.9 Å². The maximum Gasteiger partial charge on any atom is 0.227 e. The topological polar surface area (TPSA) is 29.1 Å². The number of carbonyl (C=O) groups excluding carboxylic acids is 1. The van der Waals surface area contributed by atoms with Crippen LogP contribution in [0.3, 0.4) is 0 Å². The van der Waals surface area contributed by atoms with Crippen LogP contribution in [0.15, 0.2) is 42.5 Å². The van der Waals surface area contributed by atoms with Gasteiger partial charge in [-0.2, -0.15) is 0 Å². The normalized spacial score (nSPS) is 22.8. The van der Waals surface area contributed by atoms with Crippen molar-refractivity contribution in [2.45, 2.75) is 38.6 Å². The fraction of sp³-hybridized carbons (Fsp3) is 0.438. The van der Waals surface area contributed by atoms with Crippen molar-refractivity contribution in [3.8, 4) is 0 Å². The minimum absolute atomic E-state index is 0.0805. The molecule has 1 aliphatic rings. The summed E-state index contributed by atoms with van der Waals surface area (Å²) in [5.41, 5.74) is 1.26. The molecular weight excluding hydrogens is 222 g/mol. The summed E-state index contributed by atoms with van der Waals surface area (Å²) in [6.45, 7) is 2.16. The smallest absolute Gasteiger partial charge is 0.227 e. The van der Waals surface area contributed by atoms with Crippen LogP contribution in [-0.4, -0.2) is 11.9 Å². The Kier molecular flexibility index (Phi) is 4.57. The van der Waals surface area contributed by atoms with E-state index in [1.807, 2.05) is 18.2 Å². The summed E-state index contributed by atoms with van der Waals surface area (Å²) >= 11 is 0. The van der Waals surface area contributed by atoms with Crippen LogP contribution in [0.4, 0.5) is 0 Å². The third kappa shape index (κ3) is 3.46. The van der Waals surface area contributed by atoms with E-state index in [0.717, 1.165) is 25.7 Å². The Bertz CT molecular complexity index is 410. The summed E-state index contributed by atoms with van der Waals surface area (Å²) < 4.78 is 0. The highest BCUT2D eigenvalue weighted by atomic mass is 16.2. The van der Waals surface area contributed by atoms with Gasteiger partial charge in [0.25, 0.3) is 0 Å². The van der Waals surface area contributed by atoms with E-state index in [9.17, 15) is 4.79 Å². The van der Waals surface area contributed by atoms with Crippen LogP contribution >= 0.6 is 0 Å². The van der Waals surface area contributed by atoms with Crippen molar-refractivity contribution in [2.75, 3.05) is 0 Å². The highest BCUT2D eigenvalue weighted by Crippen LogP contribution is 2.16. The molecule has 2 rings (SSSR count). The third-order valence-corrected chi connectivity index (χ3v) is 3.41. The molecule has 1 aromatic rings. The minimum atomic E-state index is 0.0805. The first kappa shape index (κ1) is 12.9. The standard InChI is InChI=1S/C16H21NO/c1-2-3-9-14-10-11-15(17-16(14)18)12-13-7-5-4-6-8-13/h4-8,10-11,14-15H,2-3,9,12H2,1H3,(H,17,18)/t14-,15-/m1/s1. The van der Waals surface area contributed by atoms with Crippen LogP contribution in [-0.2, 0) is 11.2 Å². The molecule has 2 heteroatoms. The first-order valence-electron chi connectivity index (χ1n) is 6.82. The lowest BCUT2D eigenvalue weighted by Crippen LogP contribution is -2.41. The highest BCUT2D eigenvalue weighted by Gasteiger charge is 2.22. The zero-order chi connectivity index (χ0) is 12.8. The maximum atomic E-state index is 11.9. The number of hydrogen-bond donors (Lipinski definition) is 1. The zero-order valence-corrected chi connectivity index (χ0v) is 10.9. The summed E-state index contributed by atoms with van der Waals surface area (Å²) in [4.78, 5) is 11.9. The molecule has 18 heavy (non-hydrogen) atoms. The van der Waals surface area contributed by atoms with Gasteiger partial charge in [0.05, 0.1) is 12.0 Å². The van der Waals surface area contributed by atoms with Crippen LogP contribution in [0.1, 0.15) is 31.7 Å². The average molecular weight is 243 g/mol. The van der Waals surface area contributed by atoms with Gasteiger partial charge in [0.15, 0.2) is 0 Å². The molecule has 1 amide bonds. The molecule has 96 valence electrons. The van der Waals surface area contributed by atoms with Crippen molar-refractivity contribution in [1.82, 2.24) is 5.32 Å². The molecule has 0 aromatic heterocycles. The second-order valence-corrected chi connectivity index (χ2v) is 4.94. The Labute approximate surface area is 109 Å². The predicted molar refractivity (Wildman–Crippen MR) is 74.2 cm³/mol. The number of benzene rings is 1. The van der Waals surface area contributed by atoms with Gasteiger partial charge in [-0.3, -0.25) is 4.79 Å². The van der Waals surface area contributed by atoms with E-state index < -0.39 is 0 Å². The Morgan fingerprint density at radius 3 is 2.61 bits per heavy atom. The van der Waals surface area contributed by atoms with Crippen molar-refractivity contribution < 1.29 is 4.79 Å². The average Bonchev–Trinajstić information content (AvgIpc) is 2.39. The number of carbonyl (C=O) groups is 1. The summed E-state index contributed by atoms with van der Waals surface area (Å²) in [6.07, 6.45) is 8.34. The zero-order valence-electron chi connectivity index (χ0n) is 10.9. The molecule has 2 atom stereocenters. The van der Waals surface area contributed by atoms with E-state index in [2.05, 4.69) is 36.5 Å². The van der Waals surface area contributed by atoms with Crippen molar-refractivity contribution in [1.29, 1.82) is 0 Å². The van der Waals surface area contributed by atoms with Crippen molar-refractivity contribution in [3.63, 3.8) is 0 Å². The van der Waals surface area contributed by atoms with Gasteiger partial charge in [0.2, 0.25) is 5.91 Å². The minimum Gasteiger partial charge on any atom is -0.349 e. The molecular formula is C16H21NO. The van der Waals surface area contributed by atoms with E-state index in [0.29, 0.717) is 0 Å². The van der Waals surface area contributed by atoms with E-state index in [1.54, 1.807) is 0 Å². The fourth-order valence-electron chi connectivity index (χ4n) is 2.33. The van der Waals surface area contributed by atoms with E-state index >= 15 is 0 Å². The molecule has 0 unspecified atom stereocenters. The molecule has 1 heterocycles. The van der Waals surface area contributed by atoms with Gasteiger partial charge >= 0.3 is 0 Å². The number of rotatable bonds is 5. The second-order valence-electron chi connectivity index (χ2n) is 4.94. The summed E-state index contributed by atoms with van der Waals surface area (Å²) in [7, 11) is 0. The quantitative estimate of drug-likeness (QED) is 0.791. The molecule has 1 aliphatic heterocycles. The maximum absolute atomic E-state index is 11.9. The van der Waals surface area contributed by atoms with Crippen LogP contribution < -0.4 is 5.32 Å². The molecule has 0 saturated heterocycles. The van der Waals surface area contributed by atoms with Gasteiger partial charge in [-0.25, -0.2) is 0 Å². The van der Waals surface area contributed by atoms with Gasteiger partial charge in [0.1, 0.15) is 0 Å².